The number of hydrogen-bond acceptors (Lipinski definition) is 5. The fourth-order valence-corrected chi connectivity index (χ4v) is 4.27. The second-order valence-corrected chi connectivity index (χ2v) is 9.13. The summed E-state index contributed by atoms with van der Waals surface area (Å²) >= 11 is 1.69. The molecule has 0 saturated carbocycles. The molecular weight excluding hydrogens is 362 g/mol. The van der Waals surface area contributed by atoms with Crippen molar-refractivity contribution in [3.63, 3.8) is 0 Å². The lowest BCUT2D eigenvalue weighted by molar-refractivity contribution is -0.141. The fraction of sp³-hybridized carbons (Fsp3) is 0.600. The monoisotopic (exact) mass is 395 g/mol. The Bertz CT molecular complexity index is 632. The Hall–Kier alpha value is -1.73. The van der Waals surface area contributed by atoms with Gasteiger partial charge in [-0.25, -0.2) is 0 Å². The van der Waals surface area contributed by atoms with Crippen LogP contribution in [0.1, 0.15) is 33.3 Å². The van der Waals surface area contributed by atoms with Crippen LogP contribution in [0.3, 0.4) is 0 Å². The van der Waals surface area contributed by atoms with Gasteiger partial charge < -0.3 is 20.7 Å². The van der Waals surface area contributed by atoms with Gasteiger partial charge in [0, 0.05) is 17.5 Å². The molecule has 2 amide bonds. The van der Waals surface area contributed by atoms with Gasteiger partial charge in [0.2, 0.25) is 11.8 Å². The highest BCUT2D eigenvalue weighted by Gasteiger charge is 2.39. The van der Waals surface area contributed by atoms with Gasteiger partial charge in [0.1, 0.15) is 17.8 Å². The van der Waals surface area contributed by atoms with Gasteiger partial charge in [-0.05, 0) is 44.5 Å². The third kappa shape index (κ3) is 6.14. The highest BCUT2D eigenvalue weighted by molar-refractivity contribution is 7.99. The van der Waals surface area contributed by atoms with E-state index in [4.69, 9.17) is 10.5 Å². The van der Waals surface area contributed by atoms with Crippen LogP contribution in [0.2, 0.25) is 0 Å². The second-order valence-electron chi connectivity index (χ2n) is 7.50. The second kappa shape index (κ2) is 9.99. The number of nitrogens with one attached hydrogen (secondary N) is 1. The Kier molecular flexibility index (Phi) is 8.62. The summed E-state index contributed by atoms with van der Waals surface area (Å²) in [4.78, 5) is 26.4. The quantitative estimate of drug-likeness (QED) is 0.635. The minimum atomic E-state index is -0.629. The van der Waals surface area contributed by atoms with E-state index in [2.05, 4.69) is 5.32 Å². The van der Waals surface area contributed by atoms with E-state index in [9.17, 15) is 9.59 Å². The Balaban J connectivity index is 2.89. The van der Waals surface area contributed by atoms with E-state index in [0.717, 1.165) is 17.1 Å². The first-order valence-electron chi connectivity index (χ1n) is 9.05. The summed E-state index contributed by atoms with van der Waals surface area (Å²) in [7, 11) is 5.05. The first kappa shape index (κ1) is 23.3. The molecule has 0 bridgehead atoms. The third-order valence-electron chi connectivity index (χ3n) is 4.69. The molecule has 0 spiro atoms. The molecule has 0 unspecified atom stereocenters. The lowest BCUT2D eigenvalue weighted by atomic mass is 9.98. The van der Waals surface area contributed by atoms with Crippen molar-refractivity contribution < 1.29 is 14.3 Å². The molecule has 0 heterocycles. The summed E-state index contributed by atoms with van der Waals surface area (Å²) in [6, 6.07) is 6.81. The number of amides is 2. The van der Waals surface area contributed by atoms with E-state index in [1.807, 2.05) is 52.0 Å². The van der Waals surface area contributed by atoms with E-state index in [0.29, 0.717) is 0 Å². The molecule has 0 aliphatic heterocycles. The molecule has 0 aromatic heterocycles. The van der Waals surface area contributed by atoms with Gasteiger partial charge in [0.05, 0.1) is 7.11 Å². The van der Waals surface area contributed by atoms with Crippen molar-refractivity contribution in [3.05, 3.63) is 29.8 Å². The smallest absolute Gasteiger partial charge is 0.241 e. The number of likely N-dealkylation sites (N-methyl/N-ethyl adjacent to an activating group) is 2. The van der Waals surface area contributed by atoms with Crippen LogP contribution in [0.15, 0.2) is 24.3 Å². The number of nitrogens with zero attached hydrogens (tertiary/aromatic N) is 1. The van der Waals surface area contributed by atoms with E-state index in [-0.39, 0.29) is 16.6 Å². The van der Waals surface area contributed by atoms with Crippen molar-refractivity contribution in [3.8, 4) is 5.75 Å². The van der Waals surface area contributed by atoms with Crippen LogP contribution in [-0.4, -0.2) is 54.8 Å². The summed E-state index contributed by atoms with van der Waals surface area (Å²) in [6.45, 7) is 7.83. The van der Waals surface area contributed by atoms with Crippen molar-refractivity contribution in [1.29, 1.82) is 0 Å². The molecule has 152 valence electrons. The van der Waals surface area contributed by atoms with Crippen molar-refractivity contribution >= 4 is 23.6 Å². The number of carbonyl (C=O) groups is 2. The van der Waals surface area contributed by atoms with Gasteiger partial charge in [-0.3, -0.25) is 9.59 Å². The van der Waals surface area contributed by atoms with Crippen LogP contribution in [0.4, 0.5) is 0 Å². The van der Waals surface area contributed by atoms with Gasteiger partial charge in [-0.1, -0.05) is 26.0 Å². The largest absolute Gasteiger partial charge is 0.497 e. The highest BCUT2D eigenvalue weighted by Crippen LogP contribution is 2.33. The molecule has 7 heteroatoms. The topological polar surface area (TPSA) is 84.7 Å². The summed E-state index contributed by atoms with van der Waals surface area (Å²) < 4.78 is 4.79. The molecule has 1 aromatic carbocycles. The molecule has 0 radical (unpaired) electrons. The Morgan fingerprint density at radius 1 is 1.26 bits per heavy atom. The summed E-state index contributed by atoms with van der Waals surface area (Å²) in [6.07, 6.45) is 0. The molecule has 2 atom stereocenters. The summed E-state index contributed by atoms with van der Waals surface area (Å²) in [5.41, 5.74) is 6.67. The highest BCUT2D eigenvalue weighted by atomic mass is 32.2. The zero-order valence-corrected chi connectivity index (χ0v) is 18.2. The van der Waals surface area contributed by atoms with E-state index in [1.165, 1.54) is 4.90 Å². The lowest BCUT2D eigenvalue weighted by Gasteiger charge is -2.38. The van der Waals surface area contributed by atoms with Gasteiger partial charge in [-0.2, -0.15) is 0 Å². The van der Waals surface area contributed by atoms with E-state index < -0.39 is 18.0 Å². The number of ether oxygens (including phenoxy) is 1. The van der Waals surface area contributed by atoms with E-state index in [1.54, 1.807) is 33.0 Å². The summed E-state index contributed by atoms with van der Waals surface area (Å²) in [5.74, 6) is 0.903. The minimum absolute atomic E-state index is 0.0518. The molecule has 0 aliphatic carbocycles. The molecule has 0 saturated heterocycles. The van der Waals surface area contributed by atoms with Crippen LogP contribution in [0.25, 0.3) is 0 Å². The Morgan fingerprint density at radius 2 is 1.81 bits per heavy atom. The molecule has 6 nitrogen and oxygen atoms in total. The third-order valence-corrected chi connectivity index (χ3v) is 6.15. The number of rotatable bonds is 10. The molecule has 3 N–H and O–H groups in total. The molecule has 1 rings (SSSR count). The number of carbonyl (C=O) groups excluding carboxylic acids is 2. The first-order chi connectivity index (χ1) is 12.5. The van der Waals surface area contributed by atoms with Gasteiger partial charge in [-0.15, -0.1) is 11.8 Å². The normalized spacial score (nSPS) is 13.9. The molecule has 0 fully saturated rings. The molecular formula is C20H33N3O3S. The lowest BCUT2D eigenvalue weighted by Crippen LogP contribution is -2.59. The zero-order chi connectivity index (χ0) is 20.8. The Labute approximate surface area is 167 Å². The number of primary amides is 1. The van der Waals surface area contributed by atoms with Crippen molar-refractivity contribution in [2.24, 2.45) is 11.7 Å². The van der Waals surface area contributed by atoms with Crippen molar-refractivity contribution in [2.75, 3.05) is 21.2 Å². The van der Waals surface area contributed by atoms with Crippen LogP contribution in [0, 0.1) is 5.92 Å². The average Bonchev–Trinajstić information content (AvgIpc) is 2.60. The first-order valence-corrected chi connectivity index (χ1v) is 10.0. The van der Waals surface area contributed by atoms with Crippen LogP contribution in [-0.2, 0) is 15.3 Å². The average molecular weight is 396 g/mol. The maximum Gasteiger partial charge on any atom is 0.241 e. The number of nitrogens with two attached hydrogens (primary N) is 1. The predicted molar refractivity (Wildman–Crippen MR) is 112 cm³/mol. The van der Waals surface area contributed by atoms with Crippen LogP contribution < -0.4 is 15.8 Å². The van der Waals surface area contributed by atoms with Gasteiger partial charge in [0.15, 0.2) is 0 Å². The standard InChI is InChI=1S/C20H33N3O3S/c1-13(2)16(18(21)24)23(6)19(25)17(22-5)20(3,4)27-12-14-8-10-15(26-7)11-9-14/h8-11,13,16-17,22H,12H2,1-7H3,(H2,21,24)/t16-,17+/m0/s1. The van der Waals surface area contributed by atoms with Gasteiger partial charge >= 0.3 is 0 Å². The SMILES string of the molecule is CN[C@H](C(=O)N(C)[C@H](C(N)=O)C(C)C)C(C)(C)SCc1ccc(OC)cc1. The predicted octanol–water partition coefficient (Wildman–Crippen LogP) is 2.26. The van der Waals surface area contributed by atoms with Crippen LogP contribution >= 0.6 is 11.8 Å². The number of benzene rings is 1. The fourth-order valence-electron chi connectivity index (χ4n) is 3.15. The van der Waals surface area contributed by atoms with Gasteiger partial charge in [0.25, 0.3) is 0 Å². The number of methoxy groups -OCH3 is 1. The number of thioether (sulfide) groups is 1. The van der Waals surface area contributed by atoms with E-state index >= 15 is 0 Å². The van der Waals surface area contributed by atoms with Crippen molar-refractivity contribution in [2.45, 2.75) is 50.3 Å². The maximum atomic E-state index is 13.1. The maximum absolute atomic E-state index is 13.1. The molecule has 0 aliphatic rings. The molecule has 27 heavy (non-hydrogen) atoms. The minimum Gasteiger partial charge on any atom is -0.497 e. The summed E-state index contributed by atoms with van der Waals surface area (Å²) in [5, 5.41) is 3.13. The van der Waals surface area contributed by atoms with Crippen LogP contribution in [0.5, 0.6) is 5.75 Å². The molecule has 1 aromatic rings. The Morgan fingerprint density at radius 3 is 2.22 bits per heavy atom. The zero-order valence-electron chi connectivity index (χ0n) is 17.4. The number of hydrogen-bond donors (Lipinski definition) is 2. The van der Waals surface area contributed by atoms with Crippen molar-refractivity contribution in [1.82, 2.24) is 10.2 Å².